The van der Waals surface area contributed by atoms with Crippen LogP contribution in [0.1, 0.15) is 36.0 Å². The molecule has 0 spiro atoms. The zero-order valence-electron chi connectivity index (χ0n) is 8.28. The second-order valence-electron chi connectivity index (χ2n) is 3.88. The van der Waals surface area contributed by atoms with Gasteiger partial charge in [0, 0.05) is 11.5 Å². The summed E-state index contributed by atoms with van der Waals surface area (Å²) in [5.41, 5.74) is 0.868. The molecule has 1 saturated carbocycles. The van der Waals surface area contributed by atoms with Crippen LogP contribution in [0, 0.1) is 12.3 Å². The van der Waals surface area contributed by atoms with E-state index in [1.165, 1.54) is 12.8 Å². The molecule has 1 heteroatoms. The SMILES string of the molecule is O=C(c1ccccc1)C1C[CH]CCC1. The highest BCUT2D eigenvalue weighted by Gasteiger charge is 2.21. The summed E-state index contributed by atoms with van der Waals surface area (Å²) >= 11 is 0. The molecule has 0 amide bonds. The second kappa shape index (κ2) is 4.41. The average molecular weight is 187 g/mol. The third-order valence-electron chi connectivity index (χ3n) is 2.84. The van der Waals surface area contributed by atoms with Crippen LogP contribution in [-0.2, 0) is 0 Å². The maximum absolute atomic E-state index is 12.0. The molecule has 0 N–H and O–H groups in total. The maximum atomic E-state index is 12.0. The number of hydrogen-bond acceptors (Lipinski definition) is 1. The molecule has 1 aliphatic rings. The number of ketones is 1. The van der Waals surface area contributed by atoms with Crippen molar-refractivity contribution in [1.29, 1.82) is 0 Å². The van der Waals surface area contributed by atoms with Gasteiger partial charge in [-0.1, -0.05) is 43.2 Å². The van der Waals surface area contributed by atoms with Gasteiger partial charge in [0.2, 0.25) is 0 Å². The molecular weight excluding hydrogens is 172 g/mol. The molecule has 1 aromatic rings. The fourth-order valence-electron chi connectivity index (χ4n) is 2.02. The maximum Gasteiger partial charge on any atom is 0.165 e. The van der Waals surface area contributed by atoms with Crippen LogP contribution in [0.4, 0.5) is 0 Å². The molecular formula is C13H15O. The normalized spacial score (nSPS) is 18.0. The van der Waals surface area contributed by atoms with Gasteiger partial charge < -0.3 is 0 Å². The molecule has 1 aliphatic carbocycles. The lowest BCUT2D eigenvalue weighted by Crippen LogP contribution is -2.17. The van der Waals surface area contributed by atoms with Crippen LogP contribution in [0.2, 0.25) is 0 Å². The highest BCUT2D eigenvalue weighted by molar-refractivity contribution is 5.97. The Bertz CT molecular complexity index is 296. The molecule has 0 saturated heterocycles. The molecule has 1 aromatic carbocycles. The van der Waals surface area contributed by atoms with Crippen LogP contribution in [0.25, 0.3) is 0 Å². The summed E-state index contributed by atoms with van der Waals surface area (Å²) in [6.45, 7) is 0. The van der Waals surface area contributed by atoms with E-state index in [4.69, 9.17) is 0 Å². The van der Waals surface area contributed by atoms with E-state index in [1.807, 2.05) is 30.3 Å². The van der Waals surface area contributed by atoms with Gasteiger partial charge in [0.25, 0.3) is 0 Å². The molecule has 2 rings (SSSR count). The lowest BCUT2D eigenvalue weighted by atomic mass is 9.84. The van der Waals surface area contributed by atoms with Gasteiger partial charge in [-0.3, -0.25) is 4.79 Å². The molecule has 14 heavy (non-hydrogen) atoms. The standard InChI is InChI=1S/C13H15O/c14-13(11-7-3-1-4-8-11)12-9-5-2-6-10-12/h1,3-5,7-8,12H,2,6,9-10H2. The van der Waals surface area contributed by atoms with Gasteiger partial charge in [0.05, 0.1) is 0 Å². The molecule has 0 aliphatic heterocycles. The Morgan fingerprint density at radius 1 is 1.21 bits per heavy atom. The van der Waals surface area contributed by atoms with Crippen molar-refractivity contribution in [2.75, 3.05) is 0 Å². The van der Waals surface area contributed by atoms with E-state index in [2.05, 4.69) is 6.42 Å². The zero-order chi connectivity index (χ0) is 9.80. The molecule has 0 bridgehead atoms. The predicted octanol–water partition coefficient (Wildman–Crippen LogP) is 3.26. The van der Waals surface area contributed by atoms with E-state index in [0.29, 0.717) is 5.78 Å². The Labute approximate surface area is 85.1 Å². The lowest BCUT2D eigenvalue weighted by molar-refractivity contribution is 0.0902. The van der Waals surface area contributed by atoms with Gasteiger partial charge in [-0.2, -0.15) is 0 Å². The average Bonchev–Trinajstić information content (AvgIpc) is 2.30. The van der Waals surface area contributed by atoms with Gasteiger partial charge in [0.1, 0.15) is 0 Å². The number of benzene rings is 1. The van der Waals surface area contributed by atoms with Crippen LogP contribution in [0.15, 0.2) is 30.3 Å². The van der Waals surface area contributed by atoms with Gasteiger partial charge >= 0.3 is 0 Å². The van der Waals surface area contributed by atoms with Crippen molar-refractivity contribution < 1.29 is 4.79 Å². The van der Waals surface area contributed by atoms with E-state index >= 15 is 0 Å². The van der Waals surface area contributed by atoms with E-state index in [1.54, 1.807) is 0 Å². The number of carbonyl (C=O) groups excluding carboxylic acids is 1. The molecule has 1 unspecified atom stereocenters. The van der Waals surface area contributed by atoms with Gasteiger partial charge in [-0.25, -0.2) is 0 Å². The quantitative estimate of drug-likeness (QED) is 0.649. The Hall–Kier alpha value is -1.11. The van der Waals surface area contributed by atoms with E-state index in [0.717, 1.165) is 18.4 Å². The van der Waals surface area contributed by atoms with Crippen molar-refractivity contribution in [1.82, 2.24) is 0 Å². The monoisotopic (exact) mass is 187 g/mol. The van der Waals surface area contributed by atoms with Gasteiger partial charge in [-0.15, -0.1) is 0 Å². The first-order valence-corrected chi connectivity index (χ1v) is 5.29. The fraction of sp³-hybridized carbons (Fsp3) is 0.385. The Balaban J connectivity index is 2.07. The second-order valence-corrected chi connectivity index (χ2v) is 3.88. The van der Waals surface area contributed by atoms with E-state index in [-0.39, 0.29) is 5.92 Å². The number of carbonyl (C=O) groups is 1. The fourth-order valence-corrected chi connectivity index (χ4v) is 2.02. The van der Waals surface area contributed by atoms with Crippen LogP contribution in [-0.4, -0.2) is 5.78 Å². The van der Waals surface area contributed by atoms with Gasteiger partial charge in [0.15, 0.2) is 5.78 Å². The smallest absolute Gasteiger partial charge is 0.165 e. The summed E-state index contributed by atoms with van der Waals surface area (Å²) in [6.07, 6.45) is 6.62. The largest absolute Gasteiger partial charge is 0.294 e. The number of Topliss-reactive ketones (excluding diaryl/α,β-unsaturated/α-hetero) is 1. The summed E-state index contributed by atoms with van der Waals surface area (Å²) in [6, 6.07) is 9.64. The third-order valence-corrected chi connectivity index (χ3v) is 2.84. The summed E-state index contributed by atoms with van der Waals surface area (Å²) in [4.78, 5) is 12.0. The summed E-state index contributed by atoms with van der Waals surface area (Å²) < 4.78 is 0. The highest BCUT2D eigenvalue weighted by Crippen LogP contribution is 2.25. The molecule has 1 radical (unpaired) electrons. The lowest BCUT2D eigenvalue weighted by Gasteiger charge is -2.19. The minimum Gasteiger partial charge on any atom is -0.294 e. The van der Waals surface area contributed by atoms with Crippen LogP contribution >= 0.6 is 0 Å². The van der Waals surface area contributed by atoms with Crippen LogP contribution < -0.4 is 0 Å². The van der Waals surface area contributed by atoms with Crippen molar-refractivity contribution >= 4 is 5.78 Å². The van der Waals surface area contributed by atoms with E-state index < -0.39 is 0 Å². The third kappa shape index (κ3) is 2.03. The summed E-state index contributed by atoms with van der Waals surface area (Å²) in [5.74, 6) is 0.563. The molecule has 73 valence electrons. The summed E-state index contributed by atoms with van der Waals surface area (Å²) in [5, 5.41) is 0. The Morgan fingerprint density at radius 3 is 2.64 bits per heavy atom. The zero-order valence-corrected chi connectivity index (χ0v) is 8.28. The minimum absolute atomic E-state index is 0.242. The van der Waals surface area contributed by atoms with Gasteiger partial charge in [-0.05, 0) is 19.3 Å². The molecule has 0 heterocycles. The molecule has 1 fully saturated rings. The van der Waals surface area contributed by atoms with Crippen molar-refractivity contribution in [3.63, 3.8) is 0 Å². The topological polar surface area (TPSA) is 17.1 Å². The van der Waals surface area contributed by atoms with Crippen LogP contribution in [0.3, 0.4) is 0 Å². The van der Waals surface area contributed by atoms with Crippen molar-refractivity contribution in [3.05, 3.63) is 42.3 Å². The number of hydrogen-bond donors (Lipinski definition) is 0. The first-order chi connectivity index (χ1) is 6.88. The summed E-state index contributed by atoms with van der Waals surface area (Å²) in [7, 11) is 0. The minimum atomic E-state index is 0.242. The molecule has 1 atom stereocenters. The van der Waals surface area contributed by atoms with Crippen molar-refractivity contribution in [2.24, 2.45) is 5.92 Å². The first-order valence-electron chi connectivity index (χ1n) is 5.29. The molecule has 1 nitrogen and oxygen atoms in total. The highest BCUT2D eigenvalue weighted by atomic mass is 16.1. The number of rotatable bonds is 2. The predicted molar refractivity (Wildman–Crippen MR) is 57.0 cm³/mol. The van der Waals surface area contributed by atoms with Crippen molar-refractivity contribution in [3.8, 4) is 0 Å². The van der Waals surface area contributed by atoms with E-state index in [9.17, 15) is 4.79 Å². The van der Waals surface area contributed by atoms with Crippen molar-refractivity contribution in [2.45, 2.75) is 25.7 Å². The molecule has 0 aromatic heterocycles. The Kier molecular flexibility index (Phi) is 2.97. The van der Waals surface area contributed by atoms with Crippen LogP contribution in [0.5, 0.6) is 0 Å². The Morgan fingerprint density at radius 2 is 2.00 bits per heavy atom. The first kappa shape index (κ1) is 9.45.